The molecule has 34 heavy (non-hydrogen) atoms. The number of para-hydroxylation sites is 1. The monoisotopic (exact) mass is 472 g/mol. The summed E-state index contributed by atoms with van der Waals surface area (Å²) in [5.74, 6) is -1.32. The van der Waals surface area contributed by atoms with E-state index in [2.05, 4.69) is 0 Å². The minimum atomic E-state index is -1.59. The molecule has 0 N–H and O–H groups in total. The average Bonchev–Trinajstić information content (AvgIpc) is 3.34. The average molecular weight is 473 g/mol. The summed E-state index contributed by atoms with van der Waals surface area (Å²) in [6, 6.07) is 22.0. The molecule has 2 heterocycles. The molecule has 7 heteroatoms. The van der Waals surface area contributed by atoms with Gasteiger partial charge in [0.15, 0.2) is 0 Å². The van der Waals surface area contributed by atoms with Crippen LogP contribution in [0.25, 0.3) is 22.2 Å². The lowest BCUT2D eigenvalue weighted by Gasteiger charge is -2.14. The highest BCUT2D eigenvalue weighted by molar-refractivity contribution is 6.37. The standard InChI is InChI=1S/C27H21ClN2O4/c1-3-29-20-12-8-7-11-18(20)22(23(29)17-9-5-4-6-10-17)24(31)25-26(32)30(27(33)34-25)21-15-16(2)13-14-19(21)28/h4-15,25H,3H2,1-2H3. The van der Waals surface area contributed by atoms with Crippen molar-refractivity contribution in [3.8, 4) is 11.3 Å². The number of nitrogens with zero attached hydrogens (tertiary/aromatic N) is 2. The summed E-state index contributed by atoms with van der Waals surface area (Å²) in [6.45, 7) is 4.43. The smallest absolute Gasteiger partial charge is 0.422 e. The van der Waals surface area contributed by atoms with Crippen molar-refractivity contribution in [3.63, 3.8) is 0 Å². The van der Waals surface area contributed by atoms with Crippen LogP contribution in [0.15, 0.2) is 72.8 Å². The highest BCUT2D eigenvalue weighted by atomic mass is 35.5. The zero-order chi connectivity index (χ0) is 24.0. The highest BCUT2D eigenvalue weighted by Gasteiger charge is 2.48. The van der Waals surface area contributed by atoms with Gasteiger partial charge in [0.1, 0.15) is 0 Å². The van der Waals surface area contributed by atoms with Crippen molar-refractivity contribution in [1.82, 2.24) is 4.57 Å². The molecule has 1 atom stereocenters. The molecule has 1 saturated heterocycles. The summed E-state index contributed by atoms with van der Waals surface area (Å²) < 4.78 is 7.39. The number of anilines is 1. The molecule has 6 nitrogen and oxygen atoms in total. The quantitative estimate of drug-likeness (QED) is 0.263. The van der Waals surface area contributed by atoms with E-state index in [4.69, 9.17) is 16.3 Å². The molecule has 1 unspecified atom stereocenters. The van der Waals surface area contributed by atoms with Gasteiger partial charge in [0.05, 0.1) is 22.0 Å². The summed E-state index contributed by atoms with van der Waals surface area (Å²) >= 11 is 6.27. The van der Waals surface area contributed by atoms with E-state index in [-0.39, 0.29) is 10.7 Å². The Morgan fingerprint density at radius 2 is 1.71 bits per heavy atom. The molecule has 5 rings (SSSR count). The van der Waals surface area contributed by atoms with E-state index >= 15 is 0 Å². The summed E-state index contributed by atoms with van der Waals surface area (Å²) in [7, 11) is 0. The Kier molecular flexibility index (Phi) is 5.46. The summed E-state index contributed by atoms with van der Waals surface area (Å²) in [6.07, 6.45) is -2.51. The van der Waals surface area contributed by atoms with E-state index in [1.807, 2.05) is 73.0 Å². The molecule has 0 radical (unpaired) electrons. The first-order valence-electron chi connectivity index (χ1n) is 10.9. The zero-order valence-corrected chi connectivity index (χ0v) is 19.4. The SMILES string of the molecule is CCn1c(-c2ccccc2)c(C(=O)C2OC(=O)N(c3cc(C)ccc3Cl)C2=O)c2ccccc21. The highest BCUT2D eigenvalue weighted by Crippen LogP contribution is 2.37. The van der Waals surface area contributed by atoms with E-state index in [9.17, 15) is 14.4 Å². The van der Waals surface area contributed by atoms with Crippen molar-refractivity contribution in [3.05, 3.63) is 88.9 Å². The Labute approximate surface area is 201 Å². The maximum Gasteiger partial charge on any atom is 0.422 e. The largest absolute Gasteiger partial charge is 0.427 e. The molecular formula is C27H21ClN2O4. The third-order valence-corrected chi connectivity index (χ3v) is 6.33. The van der Waals surface area contributed by atoms with Crippen LogP contribution in [0.1, 0.15) is 22.8 Å². The van der Waals surface area contributed by atoms with E-state index in [0.29, 0.717) is 23.2 Å². The normalized spacial score (nSPS) is 15.7. The van der Waals surface area contributed by atoms with E-state index in [1.54, 1.807) is 18.2 Å². The maximum absolute atomic E-state index is 13.9. The number of imide groups is 1. The fraction of sp³-hybridized carbons (Fsp3) is 0.148. The van der Waals surface area contributed by atoms with Crippen molar-refractivity contribution in [1.29, 1.82) is 0 Å². The Morgan fingerprint density at radius 3 is 2.44 bits per heavy atom. The van der Waals surface area contributed by atoms with Crippen LogP contribution in [0.5, 0.6) is 0 Å². The zero-order valence-electron chi connectivity index (χ0n) is 18.6. The summed E-state index contributed by atoms with van der Waals surface area (Å²) in [5.41, 5.74) is 3.75. The van der Waals surface area contributed by atoms with Gasteiger partial charge in [-0.1, -0.05) is 66.2 Å². The van der Waals surface area contributed by atoms with Gasteiger partial charge >= 0.3 is 6.09 Å². The third-order valence-electron chi connectivity index (χ3n) is 6.01. The molecular weight excluding hydrogens is 452 g/mol. The number of rotatable bonds is 5. The van der Waals surface area contributed by atoms with Crippen LogP contribution >= 0.6 is 11.6 Å². The molecule has 4 aromatic rings. The first-order valence-corrected chi connectivity index (χ1v) is 11.3. The molecule has 2 amide bonds. The Bertz CT molecular complexity index is 1460. The van der Waals surface area contributed by atoms with Gasteiger partial charge in [0, 0.05) is 17.4 Å². The number of Topliss-reactive ketones (excluding diaryl/α,β-unsaturated/α-hetero) is 1. The lowest BCUT2D eigenvalue weighted by atomic mass is 9.98. The predicted molar refractivity (Wildman–Crippen MR) is 131 cm³/mol. The van der Waals surface area contributed by atoms with Crippen LogP contribution in [0.2, 0.25) is 5.02 Å². The molecule has 3 aromatic carbocycles. The molecule has 1 fully saturated rings. The van der Waals surface area contributed by atoms with Crippen LogP contribution in [0.4, 0.5) is 10.5 Å². The summed E-state index contributed by atoms with van der Waals surface area (Å²) in [5, 5.41) is 0.917. The number of carbonyl (C=O) groups excluding carboxylic acids is 3. The Balaban J connectivity index is 1.66. The van der Waals surface area contributed by atoms with Crippen molar-refractivity contribution < 1.29 is 19.1 Å². The maximum atomic E-state index is 13.9. The first kappa shape index (κ1) is 21.9. The minimum absolute atomic E-state index is 0.200. The van der Waals surface area contributed by atoms with Crippen LogP contribution in [0.3, 0.4) is 0 Å². The van der Waals surface area contributed by atoms with Gasteiger partial charge in [0.25, 0.3) is 5.91 Å². The predicted octanol–water partition coefficient (Wildman–Crippen LogP) is 6.02. The Morgan fingerprint density at radius 1 is 1.00 bits per heavy atom. The number of hydrogen-bond donors (Lipinski definition) is 0. The van der Waals surface area contributed by atoms with Gasteiger partial charge < -0.3 is 9.30 Å². The molecule has 1 aliphatic rings. The number of fused-ring (bicyclic) bond motifs is 1. The molecule has 0 spiro atoms. The van der Waals surface area contributed by atoms with Gasteiger partial charge in [-0.25, -0.2) is 9.69 Å². The molecule has 0 aliphatic carbocycles. The number of carbonyl (C=O) groups is 3. The molecule has 0 saturated carbocycles. The van der Waals surface area contributed by atoms with Crippen LogP contribution in [-0.2, 0) is 16.1 Å². The van der Waals surface area contributed by atoms with Crippen molar-refractivity contribution in [2.24, 2.45) is 0 Å². The van der Waals surface area contributed by atoms with Crippen molar-refractivity contribution in [2.45, 2.75) is 26.5 Å². The molecule has 0 bridgehead atoms. The molecule has 1 aromatic heterocycles. The number of aryl methyl sites for hydroxylation is 2. The molecule has 1 aliphatic heterocycles. The van der Waals surface area contributed by atoms with Crippen LogP contribution in [-0.4, -0.2) is 28.5 Å². The van der Waals surface area contributed by atoms with Gasteiger partial charge in [-0.2, -0.15) is 0 Å². The van der Waals surface area contributed by atoms with E-state index in [1.165, 1.54) is 0 Å². The first-order chi connectivity index (χ1) is 16.4. The third kappa shape index (κ3) is 3.38. The number of benzene rings is 3. The van der Waals surface area contributed by atoms with Gasteiger partial charge in [-0.3, -0.25) is 9.59 Å². The fourth-order valence-electron chi connectivity index (χ4n) is 4.50. The fourth-order valence-corrected chi connectivity index (χ4v) is 4.70. The number of halogens is 1. The number of amides is 2. The Hall–Kier alpha value is -3.90. The van der Waals surface area contributed by atoms with Crippen molar-refractivity contribution in [2.75, 3.05) is 4.90 Å². The minimum Gasteiger partial charge on any atom is -0.427 e. The van der Waals surface area contributed by atoms with Gasteiger partial charge in [-0.15, -0.1) is 0 Å². The lowest BCUT2D eigenvalue weighted by molar-refractivity contribution is -0.120. The second-order valence-electron chi connectivity index (χ2n) is 8.11. The van der Waals surface area contributed by atoms with Crippen LogP contribution in [0, 0.1) is 6.92 Å². The van der Waals surface area contributed by atoms with E-state index in [0.717, 1.165) is 21.5 Å². The number of ether oxygens (including phenoxy) is 1. The van der Waals surface area contributed by atoms with E-state index < -0.39 is 23.9 Å². The van der Waals surface area contributed by atoms with Crippen LogP contribution < -0.4 is 4.90 Å². The number of ketones is 1. The molecule has 170 valence electrons. The lowest BCUT2D eigenvalue weighted by Crippen LogP contribution is -2.35. The number of aromatic nitrogens is 1. The second kappa shape index (κ2) is 8.47. The second-order valence-corrected chi connectivity index (χ2v) is 8.51. The van der Waals surface area contributed by atoms with Crippen molar-refractivity contribution >= 4 is 46.0 Å². The topological polar surface area (TPSA) is 68.6 Å². The number of cyclic esters (lactones) is 1. The summed E-state index contributed by atoms with van der Waals surface area (Å²) in [4.78, 5) is 40.8. The van der Waals surface area contributed by atoms with Gasteiger partial charge in [0.2, 0.25) is 11.9 Å². The number of hydrogen-bond acceptors (Lipinski definition) is 4. The van der Waals surface area contributed by atoms with Gasteiger partial charge in [-0.05, 0) is 43.2 Å².